The van der Waals surface area contributed by atoms with Crippen LogP contribution in [0.4, 0.5) is 5.82 Å². The van der Waals surface area contributed by atoms with Gasteiger partial charge in [0.25, 0.3) is 5.56 Å². The molecule has 4 N–H and O–H groups in total. The number of fused-ring (bicyclic) bond motifs is 1. The van der Waals surface area contributed by atoms with Gasteiger partial charge in [0.1, 0.15) is 17.0 Å². The molecule has 0 unspecified atom stereocenters. The fourth-order valence-corrected chi connectivity index (χ4v) is 4.04. The molecular formula is C20H21ClN4O3. The lowest BCUT2D eigenvalue weighted by Gasteiger charge is -2.33. The third-order valence-corrected chi connectivity index (χ3v) is 5.53. The standard InChI is InChI=1S/C20H21ClN4O3/c21-15-6-2-1-4-12(15)10-25-17(24-7-3-5-14(22)11-24)9-13-8-16(20(27)28)23-19(26)18(13)25/h1-2,4,6,8-9,14H,3,5,7,10-11,22H2,(H,23,26)(H,27,28)/t14-/m1/s1. The van der Waals surface area contributed by atoms with Crippen LogP contribution in [-0.4, -0.2) is 39.8 Å². The molecule has 0 spiro atoms. The molecule has 2 aromatic heterocycles. The molecule has 0 amide bonds. The first-order valence-corrected chi connectivity index (χ1v) is 9.55. The number of carboxylic acids is 1. The van der Waals surface area contributed by atoms with Gasteiger partial charge in [-0.25, -0.2) is 4.79 Å². The summed E-state index contributed by atoms with van der Waals surface area (Å²) in [6, 6.07) is 10.9. The van der Waals surface area contributed by atoms with E-state index in [2.05, 4.69) is 9.88 Å². The van der Waals surface area contributed by atoms with Crippen molar-refractivity contribution in [3.63, 3.8) is 0 Å². The van der Waals surface area contributed by atoms with Crippen LogP contribution in [0.5, 0.6) is 0 Å². The number of aromatic nitrogens is 2. The molecule has 1 aromatic carbocycles. The van der Waals surface area contributed by atoms with Gasteiger partial charge in [0.2, 0.25) is 0 Å². The van der Waals surface area contributed by atoms with Gasteiger partial charge in [0.15, 0.2) is 0 Å². The third kappa shape index (κ3) is 3.39. The van der Waals surface area contributed by atoms with Crippen LogP contribution in [0.15, 0.2) is 41.2 Å². The number of rotatable bonds is 4. The molecule has 3 aromatic rings. The first-order chi connectivity index (χ1) is 13.4. The molecule has 1 aliphatic rings. The molecule has 0 radical (unpaired) electrons. The molecule has 1 fully saturated rings. The zero-order valence-corrected chi connectivity index (χ0v) is 15.9. The normalized spacial score (nSPS) is 17.2. The van der Waals surface area contributed by atoms with Crippen LogP contribution >= 0.6 is 11.6 Å². The van der Waals surface area contributed by atoms with Crippen molar-refractivity contribution in [2.45, 2.75) is 25.4 Å². The number of nitrogens with one attached hydrogen (secondary N) is 1. The van der Waals surface area contributed by atoms with E-state index < -0.39 is 11.5 Å². The number of aromatic amines is 1. The predicted octanol–water partition coefficient (Wildman–Crippen LogP) is 2.66. The van der Waals surface area contributed by atoms with Gasteiger partial charge in [0, 0.05) is 29.5 Å². The summed E-state index contributed by atoms with van der Waals surface area (Å²) in [6.07, 6.45) is 1.93. The second-order valence-corrected chi connectivity index (χ2v) is 7.56. The monoisotopic (exact) mass is 400 g/mol. The highest BCUT2D eigenvalue weighted by Crippen LogP contribution is 2.29. The number of hydrogen-bond acceptors (Lipinski definition) is 4. The first kappa shape index (κ1) is 18.6. The van der Waals surface area contributed by atoms with Gasteiger partial charge >= 0.3 is 5.97 Å². The Morgan fingerprint density at radius 2 is 2.11 bits per heavy atom. The van der Waals surface area contributed by atoms with Crippen molar-refractivity contribution >= 4 is 34.3 Å². The van der Waals surface area contributed by atoms with Crippen molar-refractivity contribution in [2.24, 2.45) is 5.73 Å². The molecule has 1 aliphatic heterocycles. The molecule has 0 aliphatic carbocycles. The van der Waals surface area contributed by atoms with Gasteiger partial charge in [-0.15, -0.1) is 0 Å². The summed E-state index contributed by atoms with van der Waals surface area (Å²) in [5.74, 6) is -0.322. The van der Waals surface area contributed by atoms with E-state index in [0.29, 0.717) is 29.0 Å². The predicted molar refractivity (Wildman–Crippen MR) is 109 cm³/mol. The average Bonchev–Trinajstić information content (AvgIpc) is 3.02. The summed E-state index contributed by atoms with van der Waals surface area (Å²) in [5.41, 5.74) is 6.90. The van der Waals surface area contributed by atoms with Crippen LogP contribution < -0.4 is 16.2 Å². The number of pyridine rings is 1. The van der Waals surface area contributed by atoms with E-state index in [1.54, 1.807) is 0 Å². The number of halogens is 1. The fraction of sp³-hybridized carbons (Fsp3) is 0.300. The number of H-pyrrole nitrogens is 1. The van der Waals surface area contributed by atoms with Gasteiger partial charge in [-0.2, -0.15) is 0 Å². The van der Waals surface area contributed by atoms with E-state index in [1.807, 2.05) is 34.9 Å². The van der Waals surface area contributed by atoms with Crippen LogP contribution in [-0.2, 0) is 6.54 Å². The highest BCUT2D eigenvalue weighted by atomic mass is 35.5. The quantitative estimate of drug-likeness (QED) is 0.624. The Balaban J connectivity index is 1.90. The lowest BCUT2D eigenvalue weighted by Crippen LogP contribution is -2.43. The van der Waals surface area contributed by atoms with E-state index in [1.165, 1.54) is 6.07 Å². The van der Waals surface area contributed by atoms with Crippen LogP contribution in [0.2, 0.25) is 5.02 Å². The zero-order valence-electron chi connectivity index (χ0n) is 15.2. The number of nitrogens with two attached hydrogens (primary N) is 1. The summed E-state index contributed by atoms with van der Waals surface area (Å²) in [6.45, 7) is 1.92. The molecule has 4 rings (SSSR count). The van der Waals surface area contributed by atoms with Crippen molar-refractivity contribution in [1.82, 2.24) is 9.55 Å². The molecule has 0 bridgehead atoms. The Labute approximate surface area is 166 Å². The zero-order chi connectivity index (χ0) is 19.8. The largest absolute Gasteiger partial charge is 0.477 e. The van der Waals surface area contributed by atoms with Crippen LogP contribution in [0, 0.1) is 0 Å². The van der Waals surface area contributed by atoms with Crippen molar-refractivity contribution in [3.8, 4) is 0 Å². The number of anilines is 1. The summed E-state index contributed by atoms with van der Waals surface area (Å²) < 4.78 is 1.90. The molecule has 146 valence electrons. The SMILES string of the molecule is N[C@@H]1CCCN(c2cc3cc(C(=O)O)[nH]c(=O)c3n2Cc2ccccc2Cl)C1. The summed E-state index contributed by atoms with van der Waals surface area (Å²) in [5, 5.41) is 10.5. The molecule has 3 heterocycles. The summed E-state index contributed by atoms with van der Waals surface area (Å²) in [4.78, 5) is 28.7. The van der Waals surface area contributed by atoms with E-state index >= 15 is 0 Å². The third-order valence-electron chi connectivity index (χ3n) is 5.17. The number of carboxylic acid groups (broad SMARTS) is 1. The number of carbonyl (C=O) groups is 1. The van der Waals surface area contributed by atoms with Crippen LogP contribution in [0.1, 0.15) is 28.9 Å². The van der Waals surface area contributed by atoms with Crippen molar-refractivity contribution in [2.75, 3.05) is 18.0 Å². The minimum absolute atomic E-state index is 0.0633. The van der Waals surface area contributed by atoms with E-state index in [-0.39, 0.29) is 11.7 Å². The van der Waals surface area contributed by atoms with E-state index in [4.69, 9.17) is 17.3 Å². The maximum absolute atomic E-state index is 12.7. The number of nitrogens with zero attached hydrogens (tertiary/aromatic N) is 2. The molecule has 0 saturated carbocycles. The molecular weight excluding hydrogens is 380 g/mol. The smallest absolute Gasteiger partial charge is 0.352 e. The minimum atomic E-state index is -1.17. The number of hydrogen-bond donors (Lipinski definition) is 3. The average molecular weight is 401 g/mol. The highest BCUT2D eigenvalue weighted by Gasteiger charge is 2.23. The van der Waals surface area contributed by atoms with E-state index in [0.717, 1.165) is 30.8 Å². The van der Waals surface area contributed by atoms with Crippen molar-refractivity contribution in [1.29, 1.82) is 0 Å². The molecule has 7 nitrogen and oxygen atoms in total. The fourth-order valence-electron chi connectivity index (χ4n) is 3.84. The molecule has 8 heteroatoms. The number of piperidine rings is 1. The first-order valence-electron chi connectivity index (χ1n) is 9.18. The Kier molecular flexibility index (Phi) is 4.87. The Morgan fingerprint density at radius 1 is 1.32 bits per heavy atom. The maximum Gasteiger partial charge on any atom is 0.352 e. The lowest BCUT2D eigenvalue weighted by molar-refractivity contribution is 0.0690. The number of benzene rings is 1. The van der Waals surface area contributed by atoms with Crippen molar-refractivity contribution in [3.05, 3.63) is 63.0 Å². The Hall–Kier alpha value is -2.77. The van der Waals surface area contributed by atoms with E-state index in [9.17, 15) is 14.7 Å². The van der Waals surface area contributed by atoms with Crippen LogP contribution in [0.25, 0.3) is 10.9 Å². The lowest BCUT2D eigenvalue weighted by atomic mass is 10.1. The van der Waals surface area contributed by atoms with Gasteiger partial charge in [-0.1, -0.05) is 29.8 Å². The summed E-state index contributed by atoms with van der Waals surface area (Å²) in [7, 11) is 0. The minimum Gasteiger partial charge on any atom is -0.477 e. The molecule has 1 saturated heterocycles. The summed E-state index contributed by atoms with van der Waals surface area (Å²) >= 11 is 6.35. The highest BCUT2D eigenvalue weighted by molar-refractivity contribution is 6.31. The van der Waals surface area contributed by atoms with Crippen LogP contribution in [0.3, 0.4) is 0 Å². The maximum atomic E-state index is 12.7. The molecule has 28 heavy (non-hydrogen) atoms. The van der Waals surface area contributed by atoms with Crippen molar-refractivity contribution < 1.29 is 9.90 Å². The number of aromatic carboxylic acids is 1. The van der Waals surface area contributed by atoms with Gasteiger partial charge in [-0.05, 0) is 36.6 Å². The van der Waals surface area contributed by atoms with Gasteiger partial charge in [-0.3, -0.25) is 4.79 Å². The van der Waals surface area contributed by atoms with Gasteiger partial charge in [0.05, 0.1) is 6.54 Å². The van der Waals surface area contributed by atoms with Gasteiger partial charge < -0.3 is 25.3 Å². The second kappa shape index (κ2) is 7.33. The topological polar surface area (TPSA) is 104 Å². The Morgan fingerprint density at radius 3 is 2.82 bits per heavy atom. The Bertz CT molecular complexity index is 1100. The molecule has 1 atom stereocenters. The second-order valence-electron chi connectivity index (χ2n) is 7.15.